The minimum atomic E-state index is -0.625. The van der Waals surface area contributed by atoms with Gasteiger partial charge in [-0.1, -0.05) is 6.07 Å². The SMILES string of the molecule is Cc1ccc2[nH]c(CCNC(=O)CC[C@@H]3NC(=O)NC3=O)nc2c1C. The molecule has 0 unspecified atom stereocenters. The smallest absolute Gasteiger partial charge is 0.322 e. The van der Waals surface area contributed by atoms with E-state index >= 15 is 0 Å². The normalized spacial score (nSPS) is 16.8. The number of amides is 4. The average Bonchev–Trinajstić information content (AvgIpc) is 3.12. The molecule has 0 bridgehead atoms. The quantitative estimate of drug-likeness (QED) is 0.581. The molecule has 2 heterocycles. The van der Waals surface area contributed by atoms with Crippen LogP contribution in [0.4, 0.5) is 4.79 Å². The Morgan fingerprint density at radius 2 is 2.08 bits per heavy atom. The second kappa shape index (κ2) is 6.92. The molecule has 0 saturated carbocycles. The minimum Gasteiger partial charge on any atom is -0.356 e. The molecule has 1 aromatic carbocycles. The highest BCUT2D eigenvalue weighted by molar-refractivity contribution is 6.04. The number of carbonyl (C=O) groups excluding carboxylic acids is 3. The summed E-state index contributed by atoms with van der Waals surface area (Å²) in [5.41, 5.74) is 4.31. The first-order valence-corrected chi connectivity index (χ1v) is 8.27. The number of imidazole rings is 1. The number of benzene rings is 1. The zero-order chi connectivity index (χ0) is 18.0. The monoisotopic (exact) mass is 343 g/mol. The van der Waals surface area contributed by atoms with Crippen molar-refractivity contribution in [1.82, 2.24) is 25.9 Å². The minimum absolute atomic E-state index is 0.155. The van der Waals surface area contributed by atoms with Gasteiger partial charge in [-0.05, 0) is 37.5 Å². The summed E-state index contributed by atoms with van der Waals surface area (Å²) in [5, 5.41) is 7.42. The molecule has 1 saturated heterocycles. The molecule has 132 valence electrons. The lowest BCUT2D eigenvalue weighted by Crippen LogP contribution is -2.32. The maximum absolute atomic E-state index is 11.9. The van der Waals surface area contributed by atoms with E-state index in [2.05, 4.69) is 38.9 Å². The number of aromatic nitrogens is 2. The van der Waals surface area contributed by atoms with Gasteiger partial charge in [0.15, 0.2) is 0 Å². The van der Waals surface area contributed by atoms with Gasteiger partial charge in [0.1, 0.15) is 11.9 Å². The summed E-state index contributed by atoms with van der Waals surface area (Å²) in [5.74, 6) is 0.286. The Hall–Kier alpha value is -2.90. The number of carbonyl (C=O) groups is 3. The number of imide groups is 1. The van der Waals surface area contributed by atoms with Crippen LogP contribution < -0.4 is 16.0 Å². The number of nitrogens with one attached hydrogen (secondary N) is 4. The predicted octanol–water partition coefficient (Wildman–Crippen LogP) is 0.827. The van der Waals surface area contributed by atoms with E-state index in [1.165, 1.54) is 5.56 Å². The van der Waals surface area contributed by atoms with E-state index in [1.54, 1.807) is 0 Å². The van der Waals surface area contributed by atoms with E-state index in [0.717, 1.165) is 22.4 Å². The number of H-pyrrole nitrogens is 1. The second-order valence-electron chi connectivity index (χ2n) is 6.24. The van der Waals surface area contributed by atoms with Crippen LogP contribution in [0.5, 0.6) is 0 Å². The van der Waals surface area contributed by atoms with Crippen molar-refractivity contribution in [2.75, 3.05) is 6.54 Å². The summed E-state index contributed by atoms with van der Waals surface area (Å²) in [6.45, 7) is 4.55. The highest BCUT2D eigenvalue weighted by Gasteiger charge is 2.29. The highest BCUT2D eigenvalue weighted by atomic mass is 16.2. The lowest BCUT2D eigenvalue weighted by molar-refractivity contribution is -0.122. The van der Waals surface area contributed by atoms with Gasteiger partial charge in [-0.3, -0.25) is 14.9 Å². The molecule has 1 fully saturated rings. The fraction of sp³-hybridized carbons (Fsp3) is 0.412. The van der Waals surface area contributed by atoms with Gasteiger partial charge < -0.3 is 15.6 Å². The summed E-state index contributed by atoms with van der Waals surface area (Å²) in [6.07, 6.45) is 1.06. The zero-order valence-corrected chi connectivity index (χ0v) is 14.2. The average molecular weight is 343 g/mol. The Balaban J connectivity index is 1.46. The molecule has 25 heavy (non-hydrogen) atoms. The topological polar surface area (TPSA) is 116 Å². The summed E-state index contributed by atoms with van der Waals surface area (Å²) in [7, 11) is 0. The third-order valence-electron chi connectivity index (χ3n) is 4.43. The van der Waals surface area contributed by atoms with Crippen LogP contribution in [0.2, 0.25) is 0 Å². The van der Waals surface area contributed by atoms with Gasteiger partial charge in [0, 0.05) is 19.4 Å². The van der Waals surface area contributed by atoms with Gasteiger partial charge >= 0.3 is 6.03 Å². The lowest BCUT2D eigenvalue weighted by Gasteiger charge is -2.07. The maximum Gasteiger partial charge on any atom is 0.322 e. The van der Waals surface area contributed by atoms with Crippen molar-refractivity contribution in [2.45, 2.75) is 39.2 Å². The van der Waals surface area contributed by atoms with Gasteiger partial charge in [-0.15, -0.1) is 0 Å². The first-order chi connectivity index (χ1) is 11.9. The fourth-order valence-corrected chi connectivity index (χ4v) is 2.83. The van der Waals surface area contributed by atoms with Crippen molar-refractivity contribution < 1.29 is 14.4 Å². The van der Waals surface area contributed by atoms with E-state index in [0.29, 0.717) is 13.0 Å². The predicted molar refractivity (Wildman–Crippen MR) is 92.0 cm³/mol. The molecule has 1 aromatic heterocycles. The number of hydrogen-bond donors (Lipinski definition) is 4. The van der Waals surface area contributed by atoms with Crippen LogP contribution in [-0.2, 0) is 16.0 Å². The largest absolute Gasteiger partial charge is 0.356 e. The van der Waals surface area contributed by atoms with Crippen molar-refractivity contribution in [3.05, 3.63) is 29.1 Å². The number of fused-ring (bicyclic) bond motifs is 1. The van der Waals surface area contributed by atoms with Crippen LogP contribution in [0.15, 0.2) is 12.1 Å². The van der Waals surface area contributed by atoms with Gasteiger partial charge in [0.05, 0.1) is 11.0 Å². The molecular weight excluding hydrogens is 322 g/mol. The Morgan fingerprint density at radius 3 is 2.80 bits per heavy atom. The van der Waals surface area contributed by atoms with Gasteiger partial charge in [-0.2, -0.15) is 0 Å². The molecule has 8 nitrogen and oxygen atoms in total. The third-order valence-corrected chi connectivity index (χ3v) is 4.43. The summed E-state index contributed by atoms with van der Waals surface area (Å²) >= 11 is 0. The molecule has 2 aromatic rings. The maximum atomic E-state index is 11.9. The van der Waals surface area contributed by atoms with Crippen LogP contribution >= 0.6 is 0 Å². The summed E-state index contributed by atoms with van der Waals surface area (Å²) < 4.78 is 0. The first-order valence-electron chi connectivity index (χ1n) is 8.27. The van der Waals surface area contributed by atoms with Crippen molar-refractivity contribution >= 4 is 28.9 Å². The van der Waals surface area contributed by atoms with Gasteiger partial charge in [-0.25, -0.2) is 9.78 Å². The first kappa shape index (κ1) is 16.9. The Bertz CT molecular complexity index is 842. The van der Waals surface area contributed by atoms with Crippen molar-refractivity contribution in [2.24, 2.45) is 0 Å². The molecule has 3 rings (SSSR count). The number of rotatable bonds is 6. The van der Waals surface area contributed by atoms with Crippen LogP contribution in [0.3, 0.4) is 0 Å². The Kier molecular flexibility index (Phi) is 4.69. The number of hydrogen-bond acceptors (Lipinski definition) is 4. The van der Waals surface area contributed by atoms with Crippen LogP contribution in [0, 0.1) is 13.8 Å². The summed E-state index contributed by atoms with van der Waals surface area (Å²) in [6, 6.07) is 2.93. The second-order valence-corrected chi connectivity index (χ2v) is 6.24. The van der Waals surface area contributed by atoms with Crippen molar-refractivity contribution in [3.63, 3.8) is 0 Å². The van der Waals surface area contributed by atoms with Crippen LogP contribution in [0.25, 0.3) is 11.0 Å². The van der Waals surface area contributed by atoms with Gasteiger partial charge in [0.25, 0.3) is 5.91 Å². The van der Waals surface area contributed by atoms with Crippen molar-refractivity contribution in [1.29, 1.82) is 0 Å². The Morgan fingerprint density at radius 1 is 1.28 bits per heavy atom. The molecule has 1 aliphatic heterocycles. The molecule has 0 aliphatic carbocycles. The fourth-order valence-electron chi connectivity index (χ4n) is 2.83. The van der Waals surface area contributed by atoms with Crippen LogP contribution in [-0.4, -0.2) is 40.4 Å². The van der Waals surface area contributed by atoms with Crippen molar-refractivity contribution in [3.8, 4) is 0 Å². The summed E-state index contributed by atoms with van der Waals surface area (Å²) in [4.78, 5) is 42.1. The molecule has 8 heteroatoms. The molecular formula is C17H21N5O3. The van der Waals surface area contributed by atoms with E-state index in [-0.39, 0.29) is 24.7 Å². The zero-order valence-electron chi connectivity index (χ0n) is 14.2. The lowest BCUT2D eigenvalue weighted by atomic mass is 10.1. The third kappa shape index (κ3) is 3.78. The molecule has 4 amide bonds. The highest BCUT2D eigenvalue weighted by Crippen LogP contribution is 2.19. The number of urea groups is 1. The molecule has 4 N–H and O–H groups in total. The number of nitrogens with zero attached hydrogens (tertiary/aromatic N) is 1. The molecule has 0 radical (unpaired) electrons. The Labute approximate surface area is 144 Å². The van der Waals surface area contributed by atoms with Gasteiger partial charge in [0.2, 0.25) is 5.91 Å². The standard InChI is InChI=1S/C17H21N5O3/c1-9-3-4-11-15(10(9)2)21-13(19-11)7-8-18-14(23)6-5-12-16(24)22-17(25)20-12/h3-4,12H,5-8H2,1-2H3,(H,18,23)(H,19,21)(H2,20,22,24,25)/t12-/m0/s1. The molecule has 1 atom stereocenters. The van der Waals surface area contributed by atoms with E-state index in [9.17, 15) is 14.4 Å². The number of aryl methyl sites for hydroxylation is 2. The van der Waals surface area contributed by atoms with Crippen LogP contribution in [0.1, 0.15) is 29.8 Å². The van der Waals surface area contributed by atoms with E-state index in [4.69, 9.17) is 0 Å². The molecule has 1 aliphatic rings. The van der Waals surface area contributed by atoms with E-state index in [1.807, 2.05) is 13.0 Å². The van der Waals surface area contributed by atoms with E-state index < -0.39 is 12.1 Å². The molecule has 0 spiro atoms. The number of aromatic amines is 1.